The van der Waals surface area contributed by atoms with Gasteiger partial charge in [0.15, 0.2) is 5.82 Å². The fraction of sp³-hybridized carbons (Fsp3) is 0.818. The Hall–Kier alpha value is -0.990. The van der Waals surface area contributed by atoms with Crippen molar-refractivity contribution in [3.63, 3.8) is 0 Å². The molecule has 1 saturated heterocycles. The summed E-state index contributed by atoms with van der Waals surface area (Å²) in [5.41, 5.74) is 0. The summed E-state index contributed by atoms with van der Waals surface area (Å²) in [5.74, 6) is 1.31. The molecule has 0 spiro atoms. The van der Waals surface area contributed by atoms with E-state index in [4.69, 9.17) is 4.52 Å². The molecule has 0 bridgehead atoms. The Bertz CT molecular complexity index is 528. The van der Waals surface area contributed by atoms with Gasteiger partial charge in [-0.1, -0.05) is 12.1 Å². The molecule has 0 aromatic carbocycles. The van der Waals surface area contributed by atoms with Crippen molar-refractivity contribution in [3.8, 4) is 0 Å². The monoisotopic (exact) mass is 288 g/mol. The minimum Gasteiger partial charge on any atom is -0.338 e. The third kappa shape index (κ3) is 3.52. The fourth-order valence-corrected chi connectivity index (χ4v) is 3.74. The zero-order chi connectivity index (χ0) is 14.0. The van der Waals surface area contributed by atoms with Gasteiger partial charge in [-0.2, -0.15) is 4.98 Å². The van der Waals surface area contributed by atoms with Crippen LogP contribution in [0.5, 0.6) is 0 Å². The lowest BCUT2D eigenvalue weighted by atomic mass is 10.2. The van der Waals surface area contributed by atoms with Crippen LogP contribution >= 0.6 is 0 Å². The van der Waals surface area contributed by atoms with E-state index in [2.05, 4.69) is 14.9 Å². The van der Waals surface area contributed by atoms with Gasteiger partial charge in [-0.05, 0) is 26.8 Å². The summed E-state index contributed by atoms with van der Waals surface area (Å²) < 4.78 is 31.4. The molecule has 1 aliphatic heterocycles. The molecule has 0 radical (unpaired) electrons. The maximum atomic E-state index is 11.8. The van der Waals surface area contributed by atoms with E-state index >= 15 is 0 Å². The predicted octanol–water partition coefficient (Wildman–Crippen LogP) is 0.453. The van der Waals surface area contributed by atoms with Crippen LogP contribution in [-0.4, -0.2) is 48.8 Å². The Morgan fingerprint density at radius 2 is 2.26 bits per heavy atom. The third-order valence-electron chi connectivity index (χ3n) is 3.20. The predicted molar refractivity (Wildman–Crippen MR) is 70.0 cm³/mol. The SMILES string of the molecule is CCCS(=O)(=O)NC1CC(c2nc(C)no2)N(C)C1. The van der Waals surface area contributed by atoms with Crippen LogP contribution in [0, 0.1) is 6.92 Å². The van der Waals surface area contributed by atoms with Gasteiger partial charge in [0.2, 0.25) is 15.9 Å². The number of aromatic nitrogens is 2. The van der Waals surface area contributed by atoms with Gasteiger partial charge in [0.05, 0.1) is 11.8 Å². The Morgan fingerprint density at radius 1 is 1.53 bits per heavy atom. The number of likely N-dealkylation sites (tertiary alicyclic amines) is 1. The van der Waals surface area contributed by atoms with Crippen LogP contribution in [0.4, 0.5) is 0 Å². The van der Waals surface area contributed by atoms with Gasteiger partial charge in [0, 0.05) is 12.6 Å². The number of hydrogen-bond donors (Lipinski definition) is 1. The summed E-state index contributed by atoms with van der Waals surface area (Å²) in [7, 11) is -1.25. The second-order valence-corrected chi connectivity index (χ2v) is 6.88. The molecule has 1 N–H and O–H groups in total. The number of nitrogens with zero attached hydrogens (tertiary/aromatic N) is 3. The lowest BCUT2D eigenvalue weighted by Crippen LogP contribution is -2.37. The van der Waals surface area contributed by atoms with Crippen molar-refractivity contribution in [2.75, 3.05) is 19.3 Å². The summed E-state index contributed by atoms with van der Waals surface area (Å²) in [6.45, 7) is 4.27. The summed E-state index contributed by atoms with van der Waals surface area (Å²) in [5, 5.41) is 3.77. The van der Waals surface area contributed by atoms with Crippen LogP contribution in [0.1, 0.15) is 37.5 Å². The highest BCUT2D eigenvalue weighted by Crippen LogP contribution is 2.29. The van der Waals surface area contributed by atoms with Crippen LogP contribution in [0.3, 0.4) is 0 Å². The van der Waals surface area contributed by atoms with Gasteiger partial charge >= 0.3 is 0 Å². The number of nitrogens with one attached hydrogen (secondary N) is 1. The zero-order valence-electron chi connectivity index (χ0n) is 11.5. The Kier molecular flexibility index (Phi) is 4.22. The summed E-state index contributed by atoms with van der Waals surface area (Å²) in [6.07, 6.45) is 1.27. The van der Waals surface area contributed by atoms with Gasteiger partial charge in [0.25, 0.3) is 0 Å². The summed E-state index contributed by atoms with van der Waals surface area (Å²) in [4.78, 5) is 6.25. The summed E-state index contributed by atoms with van der Waals surface area (Å²) >= 11 is 0. The second-order valence-electron chi connectivity index (χ2n) is 5.00. The van der Waals surface area contributed by atoms with E-state index in [1.165, 1.54) is 0 Å². The molecule has 108 valence electrons. The lowest BCUT2D eigenvalue weighted by molar-refractivity contribution is 0.244. The first-order chi connectivity index (χ1) is 8.91. The molecule has 2 unspecified atom stereocenters. The van der Waals surface area contributed by atoms with E-state index in [9.17, 15) is 8.42 Å². The number of hydrogen-bond acceptors (Lipinski definition) is 6. The Morgan fingerprint density at radius 3 is 2.84 bits per heavy atom. The molecule has 0 saturated carbocycles. The zero-order valence-corrected chi connectivity index (χ0v) is 12.3. The number of likely N-dealkylation sites (N-methyl/N-ethyl adjacent to an activating group) is 1. The quantitative estimate of drug-likeness (QED) is 0.846. The normalized spacial score (nSPS) is 25.0. The molecule has 0 aliphatic carbocycles. The molecule has 7 nitrogen and oxygen atoms in total. The molecular weight excluding hydrogens is 268 g/mol. The molecule has 8 heteroatoms. The maximum absolute atomic E-state index is 11.8. The van der Waals surface area contributed by atoms with Crippen molar-refractivity contribution in [1.29, 1.82) is 0 Å². The first-order valence-electron chi connectivity index (χ1n) is 6.41. The van der Waals surface area contributed by atoms with Crippen molar-refractivity contribution >= 4 is 10.0 Å². The minimum absolute atomic E-state index is 0.0180. The average Bonchev–Trinajstić information content (AvgIpc) is 2.84. The van der Waals surface area contributed by atoms with E-state index < -0.39 is 10.0 Å². The molecule has 1 aliphatic rings. The first-order valence-corrected chi connectivity index (χ1v) is 8.07. The topological polar surface area (TPSA) is 88.3 Å². The van der Waals surface area contributed by atoms with Gasteiger partial charge in [-0.3, -0.25) is 4.90 Å². The van der Waals surface area contributed by atoms with E-state index in [0.29, 0.717) is 31.1 Å². The van der Waals surface area contributed by atoms with E-state index in [0.717, 1.165) is 0 Å². The van der Waals surface area contributed by atoms with E-state index in [1.807, 2.05) is 18.9 Å². The molecule has 1 fully saturated rings. The molecule has 0 amide bonds. The van der Waals surface area contributed by atoms with Crippen LogP contribution in [0.15, 0.2) is 4.52 Å². The fourth-order valence-electron chi connectivity index (χ4n) is 2.40. The lowest BCUT2D eigenvalue weighted by Gasteiger charge is -2.14. The number of sulfonamides is 1. The average molecular weight is 288 g/mol. The third-order valence-corrected chi connectivity index (χ3v) is 4.83. The number of rotatable bonds is 5. The number of aryl methyl sites for hydroxylation is 1. The summed E-state index contributed by atoms with van der Waals surface area (Å²) in [6, 6.07) is -0.116. The Labute approximate surface area is 113 Å². The molecule has 2 rings (SSSR count). The van der Waals surface area contributed by atoms with Crippen molar-refractivity contribution < 1.29 is 12.9 Å². The van der Waals surface area contributed by atoms with Crippen molar-refractivity contribution in [1.82, 2.24) is 19.8 Å². The molecule has 1 aromatic heterocycles. The van der Waals surface area contributed by atoms with E-state index in [-0.39, 0.29) is 17.8 Å². The molecule has 2 heterocycles. The molecular formula is C11H20N4O3S. The maximum Gasteiger partial charge on any atom is 0.244 e. The van der Waals surface area contributed by atoms with Crippen LogP contribution in [0.2, 0.25) is 0 Å². The van der Waals surface area contributed by atoms with E-state index in [1.54, 1.807) is 6.92 Å². The van der Waals surface area contributed by atoms with Crippen molar-refractivity contribution in [2.45, 2.75) is 38.8 Å². The molecule has 19 heavy (non-hydrogen) atoms. The molecule has 2 atom stereocenters. The first kappa shape index (κ1) is 14.4. The van der Waals surface area contributed by atoms with Crippen molar-refractivity contribution in [2.24, 2.45) is 0 Å². The van der Waals surface area contributed by atoms with Gasteiger partial charge in [-0.15, -0.1) is 0 Å². The van der Waals surface area contributed by atoms with Crippen LogP contribution < -0.4 is 4.72 Å². The highest BCUT2D eigenvalue weighted by Gasteiger charge is 2.35. The van der Waals surface area contributed by atoms with Gasteiger partial charge in [-0.25, -0.2) is 13.1 Å². The minimum atomic E-state index is -3.18. The highest BCUT2D eigenvalue weighted by atomic mass is 32.2. The molecule has 1 aromatic rings. The standard InChI is InChI=1S/C11H20N4O3S/c1-4-5-19(16,17)14-9-6-10(15(3)7-9)11-12-8(2)13-18-11/h9-10,14H,4-7H2,1-3H3. The smallest absolute Gasteiger partial charge is 0.244 e. The largest absolute Gasteiger partial charge is 0.338 e. The van der Waals surface area contributed by atoms with Crippen LogP contribution in [0.25, 0.3) is 0 Å². The second kappa shape index (κ2) is 5.56. The van der Waals surface area contributed by atoms with Crippen molar-refractivity contribution in [3.05, 3.63) is 11.7 Å². The van der Waals surface area contributed by atoms with Gasteiger partial charge in [0.1, 0.15) is 0 Å². The highest BCUT2D eigenvalue weighted by molar-refractivity contribution is 7.89. The van der Waals surface area contributed by atoms with Crippen LogP contribution in [-0.2, 0) is 10.0 Å². The van der Waals surface area contributed by atoms with Gasteiger partial charge < -0.3 is 4.52 Å². The Balaban J connectivity index is 2.01.